The first-order chi connectivity index (χ1) is 15.6. The number of nitrogens with one attached hydrogen (secondary N) is 1. The first-order valence-corrected chi connectivity index (χ1v) is 10.8. The van der Waals surface area contributed by atoms with Gasteiger partial charge in [-0.3, -0.25) is 9.59 Å². The van der Waals surface area contributed by atoms with Gasteiger partial charge in [-0.15, -0.1) is 0 Å². The SMILES string of the molecule is CC(CC1CC(C(=O)O)C1)NC(=O)c1cccc2ncn(Cc3ccc(C(F)(F)F)cc3)c12. The van der Waals surface area contributed by atoms with Crippen LogP contribution >= 0.6 is 0 Å². The number of fused-ring (bicyclic) bond motifs is 1. The predicted octanol–water partition coefficient (Wildman–Crippen LogP) is 4.72. The number of carbonyl (C=O) groups excluding carboxylic acids is 1. The van der Waals surface area contributed by atoms with Gasteiger partial charge >= 0.3 is 12.1 Å². The van der Waals surface area contributed by atoms with E-state index < -0.39 is 17.7 Å². The van der Waals surface area contributed by atoms with Crippen LogP contribution in [0.25, 0.3) is 11.0 Å². The van der Waals surface area contributed by atoms with E-state index in [9.17, 15) is 22.8 Å². The molecule has 1 heterocycles. The van der Waals surface area contributed by atoms with Gasteiger partial charge in [-0.1, -0.05) is 18.2 Å². The number of carbonyl (C=O) groups is 2. The third-order valence-electron chi connectivity index (χ3n) is 6.17. The molecule has 33 heavy (non-hydrogen) atoms. The van der Waals surface area contributed by atoms with Crippen LogP contribution in [0.4, 0.5) is 13.2 Å². The predicted molar refractivity (Wildman–Crippen MR) is 116 cm³/mol. The fourth-order valence-electron chi connectivity index (χ4n) is 4.42. The summed E-state index contributed by atoms with van der Waals surface area (Å²) >= 11 is 0. The number of benzene rings is 2. The van der Waals surface area contributed by atoms with Crippen LogP contribution in [0.1, 0.15) is 47.7 Å². The Labute approximate surface area is 188 Å². The minimum atomic E-state index is -4.39. The highest BCUT2D eigenvalue weighted by Crippen LogP contribution is 2.37. The van der Waals surface area contributed by atoms with Gasteiger partial charge in [-0.25, -0.2) is 4.98 Å². The number of amides is 1. The Bertz CT molecular complexity index is 1170. The van der Waals surface area contributed by atoms with Crippen molar-refractivity contribution in [3.05, 3.63) is 65.5 Å². The summed E-state index contributed by atoms with van der Waals surface area (Å²) in [5.41, 5.74) is 1.60. The molecule has 3 aromatic rings. The molecule has 9 heteroatoms. The number of aliphatic carboxylic acids is 1. The van der Waals surface area contributed by atoms with Crippen molar-refractivity contribution in [3.63, 3.8) is 0 Å². The minimum Gasteiger partial charge on any atom is -0.481 e. The highest BCUT2D eigenvalue weighted by Gasteiger charge is 2.35. The van der Waals surface area contributed by atoms with Crippen molar-refractivity contribution < 1.29 is 27.9 Å². The molecule has 4 rings (SSSR count). The van der Waals surface area contributed by atoms with Gasteiger partial charge in [0.2, 0.25) is 0 Å². The van der Waals surface area contributed by atoms with E-state index >= 15 is 0 Å². The van der Waals surface area contributed by atoms with Gasteiger partial charge in [0.25, 0.3) is 5.91 Å². The second-order valence-electron chi connectivity index (χ2n) is 8.72. The lowest BCUT2D eigenvalue weighted by Crippen LogP contribution is -2.38. The summed E-state index contributed by atoms with van der Waals surface area (Å²) < 4.78 is 40.2. The number of alkyl halides is 3. The van der Waals surface area contributed by atoms with E-state index in [1.54, 1.807) is 29.1 Å². The van der Waals surface area contributed by atoms with Gasteiger partial charge in [0.05, 0.1) is 34.4 Å². The summed E-state index contributed by atoms with van der Waals surface area (Å²) in [5, 5.41) is 12.0. The van der Waals surface area contributed by atoms with E-state index in [0.717, 1.165) is 12.1 Å². The monoisotopic (exact) mass is 459 g/mol. The van der Waals surface area contributed by atoms with Gasteiger partial charge in [0.15, 0.2) is 0 Å². The minimum absolute atomic E-state index is 0.126. The Kier molecular flexibility index (Phi) is 6.14. The molecule has 2 N–H and O–H groups in total. The molecule has 0 bridgehead atoms. The fourth-order valence-corrected chi connectivity index (χ4v) is 4.42. The third kappa shape index (κ3) is 5.02. The van der Waals surface area contributed by atoms with Crippen LogP contribution in [0.2, 0.25) is 0 Å². The van der Waals surface area contributed by atoms with Crippen molar-refractivity contribution in [3.8, 4) is 0 Å². The normalized spacial score (nSPS) is 19.2. The average Bonchev–Trinajstić information content (AvgIpc) is 3.12. The molecule has 1 aliphatic rings. The van der Waals surface area contributed by atoms with Crippen LogP contribution in [0.3, 0.4) is 0 Å². The number of hydrogen-bond donors (Lipinski definition) is 2. The number of imidazole rings is 1. The molecule has 2 aromatic carbocycles. The van der Waals surface area contributed by atoms with Gasteiger partial charge in [0.1, 0.15) is 0 Å². The standard InChI is InChI=1S/C24H24F3N3O3/c1-14(9-16-10-17(11-16)23(32)33)29-22(31)19-3-2-4-20-21(19)30(13-28-20)12-15-5-7-18(8-6-15)24(25,26)27/h2-8,13-14,16-17H,9-12H2,1H3,(H,29,31)(H,32,33). The van der Waals surface area contributed by atoms with Crippen LogP contribution in [0, 0.1) is 11.8 Å². The van der Waals surface area contributed by atoms with Crippen LogP contribution < -0.4 is 5.32 Å². The highest BCUT2D eigenvalue weighted by atomic mass is 19.4. The van der Waals surface area contributed by atoms with E-state index in [-0.39, 0.29) is 30.3 Å². The molecule has 1 amide bonds. The van der Waals surface area contributed by atoms with Crippen LogP contribution in [0.5, 0.6) is 0 Å². The Morgan fingerprint density at radius 3 is 2.52 bits per heavy atom. The van der Waals surface area contributed by atoms with E-state index in [4.69, 9.17) is 5.11 Å². The molecular formula is C24H24F3N3O3. The smallest absolute Gasteiger partial charge is 0.416 e. The van der Waals surface area contributed by atoms with Gasteiger partial charge in [-0.2, -0.15) is 13.2 Å². The Morgan fingerprint density at radius 2 is 1.88 bits per heavy atom. The molecule has 1 fully saturated rings. The highest BCUT2D eigenvalue weighted by molar-refractivity contribution is 6.05. The number of carboxylic acid groups (broad SMARTS) is 1. The van der Waals surface area contributed by atoms with Gasteiger partial charge < -0.3 is 15.0 Å². The molecule has 0 aliphatic heterocycles. The van der Waals surface area contributed by atoms with E-state index in [0.29, 0.717) is 41.4 Å². The molecule has 1 aliphatic carbocycles. The van der Waals surface area contributed by atoms with Crippen molar-refractivity contribution in [1.29, 1.82) is 0 Å². The van der Waals surface area contributed by atoms with Crippen LogP contribution in [-0.4, -0.2) is 32.6 Å². The van der Waals surface area contributed by atoms with Crippen molar-refractivity contribution in [2.45, 2.75) is 44.9 Å². The summed E-state index contributed by atoms with van der Waals surface area (Å²) in [6.07, 6.45) is -0.856. The molecule has 1 saturated carbocycles. The molecule has 0 spiro atoms. The number of hydrogen-bond acceptors (Lipinski definition) is 3. The lowest BCUT2D eigenvalue weighted by atomic mass is 9.72. The summed E-state index contributed by atoms with van der Waals surface area (Å²) in [7, 11) is 0. The zero-order valence-corrected chi connectivity index (χ0v) is 18.0. The Balaban J connectivity index is 1.48. The second kappa shape index (κ2) is 8.88. The largest absolute Gasteiger partial charge is 0.481 e. The topological polar surface area (TPSA) is 84.2 Å². The maximum absolute atomic E-state index is 13.0. The quantitative estimate of drug-likeness (QED) is 0.535. The molecular weight excluding hydrogens is 435 g/mol. The first kappa shape index (κ1) is 22.8. The maximum Gasteiger partial charge on any atom is 0.416 e. The summed E-state index contributed by atoms with van der Waals surface area (Å²) in [6.45, 7) is 2.17. The average molecular weight is 459 g/mol. The first-order valence-electron chi connectivity index (χ1n) is 10.8. The number of rotatable bonds is 7. The summed E-state index contributed by atoms with van der Waals surface area (Å²) in [5.74, 6) is -1.04. The van der Waals surface area contributed by atoms with Gasteiger partial charge in [-0.05, 0) is 61.9 Å². The Hall–Kier alpha value is -3.36. The van der Waals surface area contributed by atoms with E-state index in [2.05, 4.69) is 10.3 Å². The number of nitrogens with zero attached hydrogens (tertiary/aromatic N) is 2. The molecule has 6 nitrogen and oxygen atoms in total. The maximum atomic E-state index is 13.0. The molecule has 1 atom stereocenters. The number of para-hydroxylation sites is 1. The van der Waals surface area contributed by atoms with Crippen molar-refractivity contribution in [1.82, 2.24) is 14.9 Å². The van der Waals surface area contributed by atoms with Crippen LogP contribution in [-0.2, 0) is 17.5 Å². The Morgan fingerprint density at radius 1 is 1.18 bits per heavy atom. The number of carboxylic acids is 1. The molecule has 0 radical (unpaired) electrons. The molecule has 1 aromatic heterocycles. The summed E-state index contributed by atoms with van der Waals surface area (Å²) in [4.78, 5) is 28.3. The van der Waals surface area contributed by atoms with Crippen LogP contribution in [0.15, 0.2) is 48.8 Å². The van der Waals surface area contributed by atoms with Crippen molar-refractivity contribution >= 4 is 22.9 Å². The second-order valence-corrected chi connectivity index (χ2v) is 8.72. The number of halogens is 3. The number of aromatic nitrogens is 2. The van der Waals surface area contributed by atoms with E-state index in [1.165, 1.54) is 12.1 Å². The lowest BCUT2D eigenvalue weighted by molar-refractivity contribution is -0.146. The molecule has 1 unspecified atom stereocenters. The molecule has 0 saturated heterocycles. The lowest BCUT2D eigenvalue weighted by Gasteiger charge is -2.34. The zero-order valence-electron chi connectivity index (χ0n) is 18.0. The summed E-state index contributed by atoms with van der Waals surface area (Å²) in [6, 6.07) is 10.0. The third-order valence-corrected chi connectivity index (χ3v) is 6.17. The van der Waals surface area contributed by atoms with Gasteiger partial charge in [0, 0.05) is 12.6 Å². The van der Waals surface area contributed by atoms with Crippen molar-refractivity contribution in [2.24, 2.45) is 11.8 Å². The van der Waals surface area contributed by atoms with Crippen molar-refractivity contribution in [2.75, 3.05) is 0 Å². The molecule has 174 valence electrons. The van der Waals surface area contributed by atoms with E-state index in [1.807, 2.05) is 6.92 Å². The fraction of sp³-hybridized carbons (Fsp3) is 0.375. The zero-order chi connectivity index (χ0) is 23.8.